The quantitative estimate of drug-likeness (QED) is 0.631. The Kier molecular flexibility index (Phi) is 5.48. The zero-order valence-electron chi connectivity index (χ0n) is 17.9. The summed E-state index contributed by atoms with van der Waals surface area (Å²) in [7, 11) is 3.24. The molecule has 0 spiro atoms. The number of amides is 1. The van der Waals surface area contributed by atoms with Crippen LogP contribution in [0.2, 0.25) is 0 Å². The predicted molar refractivity (Wildman–Crippen MR) is 117 cm³/mol. The van der Waals surface area contributed by atoms with E-state index in [1.807, 2.05) is 48.2 Å². The molecule has 6 nitrogen and oxygen atoms in total. The van der Waals surface area contributed by atoms with Crippen LogP contribution in [0.15, 0.2) is 42.5 Å². The SMILES string of the molecule is COc1ccc(-c2cc(C(=O)N3CCCC3)n(-c3ccc(C)cc3C)n2)c(OC)c1. The smallest absolute Gasteiger partial charge is 0.272 e. The van der Waals surface area contributed by atoms with Crippen LogP contribution in [0.5, 0.6) is 11.5 Å². The highest BCUT2D eigenvalue weighted by atomic mass is 16.5. The van der Waals surface area contributed by atoms with Gasteiger partial charge in [-0.2, -0.15) is 5.10 Å². The fraction of sp³-hybridized carbons (Fsp3) is 0.333. The van der Waals surface area contributed by atoms with Gasteiger partial charge in [0.2, 0.25) is 0 Å². The van der Waals surface area contributed by atoms with E-state index in [-0.39, 0.29) is 5.91 Å². The van der Waals surface area contributed by atoms with E-state index in [9.17, 15) is 4.79 Å². The Bertz CT molecular complexity index is 1080. The van der Waals surface area contributed by atoms with E-state index in [2.05, 4.69) is 13.0 Å². The highest BCUT2D eigenvalue weighted by Gasteiger charge is 2.26. The van der Waals surface area contributed by atoms with Crippen molar-refractivity contribution in [2.75, 3.05) is 27.3 Å². The number of likely N-dealkylation sites (tertiary alicyclic amines) is 1. The van der Waals surface area contributed by atoms with Crippen LogP contribution in [-0.4, -0.2) is 47.9 Å². The summed E-state index contributed by atoms with van der Waals surface area (Å²) in [4.78, 5) is 15.2. The summed E-state index contributed by atoms with van der Waals surface area (Å²) in [5.74, 6) is 1.37. The molecule has 2 aromatic carbocycles. The summed E-state index contributed by atoms with van der Waals surface area (Å²) in [6, 6.07) is 13.6. The van der Waals surface area contributed by atoms with Gasteiger partial charge in [0, 0.05) is 24.7 Å². The second kappa shape index (κ2) is 8.22. The van der Waals surface area contributed by atoms with Crippen molar-refractivity contribution in [3.05, 3.63) is 59.3 Å². The average molecular weight is 405 g/mol. The molecule has 1 aliphatic heterocycles. The third kappa shape index (κ3) is 3.65. The maximum Gasteiger partial charge on any atom is 0.272 e. The van der Waals surface area contributed by atoms with E-state index in [0.29, 0.717) is 22.9 Å². The molecule has 0 N–H and O–H groups in total. The van der Waals surface area contributed by atoms with Crippen LogP contribution in [0.25, 0.3) is 16.9 Å². The number of rotatable bonds is 5. The van der Waals surface area contributed by atoms with Gasteiger partial charge in [-0.3, -0.25) is 4.79 Å². The normalized spacial score (nSPS) is 13.5. The standard InChI is InChI=1S/C24H27N3O3/c1-16-7-10-21(17(2)13-16)27-22(24(28)26-11-5-6-12-26)15-20(25-27)19-9-8-18(29-3)14-23(19)30-4/h7-10,13-15H,5-6,11-12H2,1-4H3. The first-order valence-corrected chi connectivity index (χ1v) is 10.2. The van der Waals surface area contributed by atoms with Gasteiger partial charge in [0.15, 0.2) is 0 Å². The van der Waals surface area contributed by atoms with Crippen molar-refractivity contribution >= 4 is 5.91 Å². The van der Waals surface area contributed by atoms with Crippen molar-refractivity contribution in [1.29, 1.82) is 0 Å². The first-order valence-electron chi connectivity index (χ1n) is 10.2. The summed E-state index contributed by atoms with van der Waals surface area (Å²) in [5.41, 5.74) is 5.22. The highest BCUT2D eigenvalue weighted by Crippen LogP contribution is 2.34. The van der Waals surface area contributed by atoms with E-state index in [1.54, 1.807) is 18.9 Å². The van der Waals surface area contributed by atoms with E-state index < -0.39 is 0 Å². The molecule has 1 fully saturated rings. The average Bonchev–Trinajstić information content (AvgIpc) is 3.43. The van der Waals surface area contributed by atoms with Gasteiger partial charge < -0.3 is 14.4 Å². The van der Waals surface area contributed by atoms with Crippen LogP contribution in [0, 0.1) is 13.8 Å². The minimum Gasteiger partial charge on any atom is -0.497 e. The topological polar surface area (TPSA) is 56.6 Å². The van der Waals surface area contributed by atoms with Crippen molar-refractivity contribution in [2.24, 2.45) is 0 Å². The molecule has 0 aliphatic carbocycles. The van der Waals surface area contributed by atoms with Crippen molar-refractivity contribution in [1.82, 2.24) is 14.7 Å². The monoisotopic (exact) mass is 405 g/mol. The Morgan fingerprint density at radius 1 is 0.967 bits per heavy atom. The Balaban J connectivity index is 1.87. The molecule has 0 bridgehead atoms. The predicted octanol–water partition coefficient (Wildman–Crippen LogP) is 4.41. The van der Waals surface area contributed by atoms with Gasteiger partial charge in [-0.25, -0.2) is 4.68 Å². The molecule has 2 heterocycles. The summed E-state index contributed by atoms with van der Waals surface area (Å²) in [5, 5.41) is 4.85. The Morgan fingerprint density at radius 2 is 1.73 bits per heavy atom. The molecule has 1 aromatic heterocycles. The number of nitrogens with zero attached hydrogens (tertiary/aromatic N) is 3. The maximum atomic E-state index is 13.3. The first kappa shape index (κ1) is 20.0. The van der Waals surface area contributed by atoms with Gasteiger partial charge in [0.05, 0.1) is 25.6 Å². The number of methoxy groups -OCH3 is 2. The molecule has 0 unspecified atom stereocenters. The van der Waals surface area contributed by atoms with Crippen LogP contribution >= 0.6 is 0 Å². The molecular weight excluding hydrogens is 378 g/mol. The maximum absolute atomic E-state index is 13.3. The summed E-state index contributed by atoms with van der Waals surface area (Å²) in [6.07, 6.45) is 2.09. The molecule has 30 heavy (non-hydrogen) atoms. The first-order chi connectivity index (χ1) is 14.5. The Labute approximate surface area is 177 Å². The summed E-state index contributed by atoms with van der Waals surface area (Å²) >= 11 is 0. The van der Waals surface area contributed by atoms with Gasteiger partial charge in [0.1, 0.15) is 17.2 Å². The number of ether oxygens (including phenoxy) is 2. The summed E-state index contributed by atoms with van der Waals surface area (Å²) in [6.45, 7) is 5.68. The fourth-order valence-electron chi connectivity index (χ4n) is 3.98. The molecule has 3 aromatic rings. The van der Waals surface area contributed by atoms with Crippen LogP contribution in [0.3, 0.4) is 0 Å². The molecule has 1 aliphatic rings. The number of aryl methyl sites for hydroxylation is 2. The number of carbonyl (C=O) groups is 1. The zero-order chi connectivity index (χ0) is 21.3. The lowest BCUT2D eigenvalue weighted by molar-refractivity contribution is 0.0784. The Hall–Kier alpha value is -3.28. The largest absolute Gasteiger partial charge is 0.497 e. The Morgan fingerprint density at radius 3 is 2.40 bits per heavy atom. The molecule has 156 valence electrons. The third-order valence-corrected chi connectivity index (χ3v) is 5.59. The van der Waals surface area contributed by atoms with Gasteiger partial charge in [-0.05, 0) is 56.5 Å². The van der Waals surface area contributed by atoms with Crippen LogP contribution < -0.4 is 9.47 Å². The van der Waals surface area contributed by atoms with Crippen molar-refractivity contribution in [3.63, 3.8) is 0 Å². The van der Waals surface area contributed by atoms with Gasteiger partial charge in [-0.1, -0.05) is 17.7 Å². The van der Waals surface area contributed by atoms with Crippen LogP contribution in [0.4, 0.5) is 0 Å². The molecule has 0 atom stereocenters. The lowest BCUT2D eigenvalue weighted by Crippen LogP contribution is -2.29. The fourth-order valence-corrected chi connectivity index (χ4v) is 3.98. The van der Waals surface area contributed by atoms with Crippen molar-refractivity contribution in [2.45, 2.75) is 26.7 Å². The van der Waals surface area contributed by atoms with E-state index in [0.717, 1.165) is 42.7 Å². The van der Waals surface area contributed by atoms with Crippen LogP contribution in [-0.2, 0) is 0 Å². The third-order valence-electron chi connectivity index (χ3n) is 5.59. The molecule has 1 saturated heterocycles. The number of hydrogen-bond acceptors (Lipinski definition) is 4. The molecule has 0 saturated carbocycles. The minimum absolute atomic E-state index is 0.0127. The molecular formula is C24H27N3O3. The lowest BCUT2D eigenvalue weighted by atomic mass is 10.1. The number of benzene rings is 2. The molecule has 6 heteroatoms. The van der Waals surface area contributed by atoms with E-state index in [1.165, 1.54) is 5.56 Å². The van der Waals surface area contributed by atoms with Gasteiger partial charge in [0.25, 0.3) is 5.91 Å². The number of aromatic nitrogens is 2. The number of hydrogen-bond donors (Lipinski definition) is 0. The van der Waals surface area contributed by atoms with E-state index >= 15 is 0 Å². The lowest BCUT2D eigenvalue weighted by Gasteiger charge is -2.17. The summed E-state index contributed by atoms with van der Waals surface area (Å²) < 4.78 is 12.7. The molecule has 4 rings (SSSR count). The number of carbonyl (C=O) groups excluding carboxylic acids is 1. The highest BCUT2D eigenvalue weighted by molar-refractivity contribution is 5.95. The molecule has 0 radical (unpaired) electrons. The van der Waals surface area contributed by atoms with Crippen molar-refractivity contribution < 1.29 is 14.3 Å². The van der Waals surface area contributed by atoms with Gasteiger partial charge >= 0.3 is 0 Å². The van der Waals surface area contributed by atoms with Crippen LogP contribution in [0.1, 0.15) is 34.5 Å². The zero-order valence-corrected chi connectivity index (χ0v) is 17.9. The second-order valence-corrected chi connectivity index (χ2v) is 7.68. The van der Waals surface area contributed by atoms with E-state index in [4.69, 9.17) is 14.6 Å². The molecule has 1 amide bonds. The minimum atomic E-state index is 0.0127. The van der Waals surface area contributed by atoms with Gasteiger partial charge in [-0.15, -0.1) is 0 Å². The second-order valence-electron chi connectivity index (χ2n) is 7.68. The van der Waals surface area contributed by atoms with Crippen molar-refractivity contribution in [3.8, 4) is 28.4 Å².